The van der Waals surface area contributed by atoms with Gasteiger partial charge in [-0.25, -0.2) is 18.1 Å². The fourth-order valence-corrected chi connectivity index (χ4v) is 5.79. The summed E-state index contributed by atoms with van der Waals surface area (Å²) < 4.78 is 36.5. The number of ether oxygens (including phenoxy) is 1. The molecule has 10 nitrogen and oxygen atoms in total. The normalized spacial score (nSPS) is 16.7. The molecule has 1 saturated heterocycles. The van der Waals surface area contributed by atoms with Crippen LogP contribution in [0.3, 0.4) is 0 Å². The molecule has 196 valence electrons. The third-order valence-electron chi connectivity index (χ3n) is 6.76. The van der Waals surface area contributed by atoms with E-state index in [0.717, 1.165) is 38.6 Å². The van der Waals surface area contributed by atoms with E-state index < -0.39 is 10.0 Å². The van der Waals surface area contributed by atoms with Gasteiger partial charge in [-0.05, 0) is 63.9 Å². The van der Waals surface area contributed by atoms with Crippen LogP contribution in [0.5, 0.6) is 5.75 Å². The van der Waals surface area contributed by atoms with E-state index in [1.54, 1.807) is 19.2 Å². The topological polar surface area (TPSA) is 122 Å². The van der Waals surface area contributed by atoms with Crippen LogP contribution in [0.4, 0.5) is 0 Å². The number of nitrogens with zero attached hydrogens (tertiary/aromatic N) is 4. The quantitative estimate of drug-likeness (QED) is 0.402. The molecule has 1 unspecified atom stereocenters. The van der Waals surface area contributed by atoms with Crippen molar-refractivity contribution in [3.8, 4) is 17.1 Å². The molecule has 0 saturated carbocycles. The second-order valence-electron chi connectivity index (χ2n) is 9.41. The lowest BCUT2D eigenvalue weighted by atomic mass is 10.1. The Morgan fingerprint density at radius 3 is 2.72 bits per heavy atom. The molecule has 0 radical (unpaired) electrons. The summed E-state index contributed by atoms with van der Waals surface area (Å²) in [6.07, 6.45) is 5.30. The zero-order chi connectivity index (χ0) is 25.9. The van der Waals surface area contributed by atoms with Crippen molar-refractivity contribution in [3.63, 3.8) is 0 Å². The largest absolute Gasteiger partial charge is 0.493 e. The summed E-state index contributed by atoms with van der Waals surface area (Å²) in [7, 11) is -0.0729. The van der Waals surface area contributed by atoms with E-state index in [-0.39, 0.29) is 10.5 Å². The maximum absolute atomic E-state index is 13.2. The number of aromatic amines is 1. The average Bonchev–Trinajstić information content (AvgIpc) is 3.46. The smallest absolute Gasteiger partial charge is 0.279 e. The Balaban J connectivity index is 1.72. The molecule has 0 spiro atoms. The van der Waals surface area contributed by atoms with Crippen LogP contribution < -0.4 is 15.0 Å². The summed E-state index contributed by atoms with van der Waals surface area (Å²) in [5, 5.41) is 7.09. The van der Waals surface area contributed by atoms with E-state index >= 15 is 0 Å². The van der Waals surface area contributed by atoms with E-state index in [1.165, 1.54) is 10.6 Å². The summed E-state index contributed by atoms with van der Waals surface area (Å²) in [5.41, 5.74) is 1.72. The Labute approximate surface area is 212 Å². The molecule has 2 aromatic heterocycles. The van der Waals surface area contributed by atoms with Crippen LogP contribution in [0.15, 0.2) is 27.9 Å². The van der Waals surface area contributed by atoms with Crippen molar-refractivity contribution in [2.24, 2.45) is 7.05 Å². The number of aryl methyl sites for hydroxylation is 1. The van der Waals surface area contributed by atoms with E-state index in [0.29, 0.717) is 59.5 Å². The third-order valence-corrected chi connectivity index (χ3v) is 8.22. The number of hydrogen-bond acceptors (Lipinski definition) is 7. The van der Waals surface area contributed by atoms with E-state index in [9.17, 15) is 13.2 Å². The number of rotatable bonds is 11. The van der Waals surface area contributed by atoms with Gasteiger partial charge in [0.15, 0.2) is 0 Å². The minimum absolute atomic E-state index is 0.108. The first-order valence-corrected chi connectivity index (χ1v) is 14.2. The van der Waals surface area contributed by atoms with Crippen LogP contribution in [0.25, 0.3) is 22.4 Å². The summed E-state index contributed by atoms with van der Waals surface area (Å²) in [5.74, 6) is 0.813. The first-order chi connectivity index (χ1) is 17.3. The highest BCUT2D eigenvalue weighted by atomic mass is 32.2. The van der Waals surface area contributed by atoms with Crippen molar-refractivity contribution >= 4 is 21.1 Å². The number of H-pyrrole nitrogens is 1. The van der Waals surface area contributed by atoms with Gasteiger partial charge in [-0.3, -0.25) is 14.5 Å². The minimum Gasteiger partial charge on any atom is -0.493 e. The first-order valence-electron chi connectivity index (χ1n) is 12.7. The van der Waals surface area contributed by atoms with Crippen LogP contribution in [-0.2, 0) is 23.5 Å². The minimum atomic E-state index is -3.77. The second kappa shape index (κ2) is 11.1. The van der Waals surface area contributed by atoms with Gasteiger partial charge in [0, 0.05) is 19.6 Å². The summed E-state index contributed by atoms with van der Waals surface area (Å²) in [4.78, 5) is 20.3. The van der Waals surface area contributed by atoms with Crippen molar-refractivity contribution in [3.05, 3.63) is 34.2 Å². The standard InChI is InChI=1S/C25H36N6O4S/c1-5-8-20-22-23(29-28-20)25(32)31(4)24(27-22)19-16-18(10-11-21(19)35-15-6-2)36(33,34)26-13-12-17-9-7-14-30(17)3/h10-11,16-17,26H,5-9,12-15H2,1-4H3,(H,28,29). The molecule has 1 atom stereocenters. The molecule has 3 heterocycles. The first kappa shape index (κ1) is 26.3. The third kappa shape index (κ3) is 5.33. The van der Waals surface area contributed by atoms with Gasteiger partial charge >= 0.3 is 0 Å². The molecule has 0 amide bonds. The lowest BCUT2D eigenvalue weighted by Gasteiger charge is -2.19. The fraction of sp³-hybridized carbons (Fsp3) is 0.560. The fourth-order valence-electron chi connectivity index (χ4n) is 4.72. The molecule has 36 heavy (non-hydrogen) atoms. The van der Waals surface area contributed by atoms with Gasteiger partial charge in [-0.15, -0.1) is 0 Å². The second-order valence-corrected chi connectivity index (χ2v) is 11.2. The molecule has 1 aliphatic heterocycles. The van der Waals surface area contributed by atoms with Gasteiger partial charge in [0.2, 0.25) is 10.0 Å². The average molecular weight is 517 g/mol. The SMILES string of the molecule is CCCOc1ccc(S(=O)(=O)NCCC2CCCN2C)cc1-c1nc2c(CCC)n[nH]c2c(=O)n1C. The highest BCUT2D eigenvalue weighted by molar-refractivity contribution is 7.89. The van der Waals surface area contributed by atoms with Gasteiger partial charge < -0.3 is 9.64 Å². The Hall–Kier alpha value is -2.76. The van der Waals surface area contributed by atoms with Gasteiger partial charge in [0.1, 0.15) is 22.6 Å². The Bertz CT molecular complexity index is 1380. The van der Waals surface area contributed by atoms with Gasteiger partial charge in [-0.1, -0.05) is 20.3 Å². The summed E-state index contributed by atoms with van der Waals surface area (Å²) in [6.45, 7) is 5.89. The van der Waals surface area contributed by atoms with E-state index in [4.69, 9.17) is 9.72 Å². The van der Waals surface area contributed by atoms with Crippen LogP contribution >= 0.6 is 0 Å². The van der Waals surface area contributed by atoms with Gasteiger partial charge in [0.25, 0.3) is 5.56 Å². The van der Waals surface area contributed by atoms with E-state index in [2.05, 4.69) is 26.9 Å². The van der Waals surface area contributed by atoms with Gasteiger partial charge in [-0.2, -0.15) is 5.10 Å². The zero-order valence-electron chi connectivity index (χ0n) is 21.5. The van der Waals surface area contributed by atoms with Crippen molar-refractivity contribution in [1.82, 2.24) is 29.4 Å². The number of benzene rings is 1. The van der Waals surface area contributed by atoms with Gasteiger partial charge in [0.05, 0.1) is 22.8 Å². The molecule has 3 aromatic rings. The molecular formula is C25H36N6O4S. The zero-order valence-corrected chi connectivity index (χ0v) is 22.3. The van der Waals surface area contributed by atoms with E-state index in [1.807, 2.05) is 13.8 Å². The Morgan fingerprint density at radius 1 is 1.22 bits per heavy atom. The van der Waals surface area contributed by atoms with Crippen molar-refractivity contribution in [2.75, 3.05) is 26.7 Å². The highest BCUT2D eigenvalue weighted by Gasteiger charge is 2.24. The Morgan fingerprint density at radius 2 is 2.03 bits per heavy atom. The summed E-state index contributed by atoms with van der Waals surface area (Å²) in [6, 6.07) is 5.12. The number of nitrogens with one attached hydrogen (secondary N) is 2. The number of fused-ring (bicyclic) bond motifs is 1. The predicted octanol–water partition coefficient (Wildman–Crippen LogP) is 2.83. The molecule has 1 aromatic carbocycles. The molecular weight excluding hydrogens is 480 g/mol. The maximum Gasteiger partial charge on any atom is 0.279 e. The monoisotopic (exact) mass is 516 g/mol. The molecule has 2 N–H and O–H groups in total. The molecule has 0 bridgehead atoms. The number of likely N-dealkylation sites (tertiary alicyclic amines) is 1. The molecule has 0 aliphatic carbocycles. The molecule has 1 aliphatic rings. The molecule has 4 rings (SSSR count). The maximum atomic E-state index is 13.2. The molecule has 11 heteroatoms. The van der Waals surface area contributed by atoms with Crippen LogP contribution in [0.1, 0.15) is 51.6 Å². The molecule has 1 fully saturated rings. The summed E-state index contributed by atoms with van der Waals surface area (Å²) >= 11 is 0. The Kier molecular flexibility index (Phi) is 8.11. The number of sulfonamides is 1. The number of hydrogen-bond donors (Lipinski definition) is 2. The lowest BCUT2D eigenvalue weighted by molar-refractivity contribution is 0.297. The predicted molar refractivity (Wildman–Crippen MR) is 140 cm³/mol. The van der Waals surface area contributed by atoms with Crippen molar-refractivity contribution in [1.29, 1.82) is 0 Å². The van der Waals surface area contributed by atoms with Crippen LogP contribution in [0, 0.1) is 0 Å². The van der Waals surface area contributed by atoms with Crippen LogP contribution in [0.2, 0.25) is 0 Å². The highest BCUT2D eigenvalue weighted by Crippen LogP contribution is 2.32. The lowest BCUT2D eigenvalue weighted by Crippen LogP contribution is -2.31. The van der Waals surface area contributed by atoms with Crippen LogP contribution in [-0.4, -0.2) is 65.9 Å². The van der Waals surface area contributed by atoms with Crippen molar-refractivity contribution in [2.45, 2.75) is 63.3 Å². The number of aromatic nitrogens is 4. The van der Waals surface area contributed by atoms with Crippen molar-refractivity contribution < 1.29 is 13.2 Å².